The van der Waals surface area contributed by atoms with Crippen molar-refractivity contribution in [3.8, 4) is 11.5 Å². The lowest BCUT2D eigenvalue weighted by atomic mass is 10.1. The summed E-state index contributed by atoms with van der Waals surface area (Å²) in [5.74, 6) is 2.25. The molecule has 0 spiro atoms. The molecule has 1 heterocycles. The minimum absolute atomic E-state index is 0. The monoisotopic (exact) mass is 300 g/mol. The van der Waals surface area contributed by atoms with Crippen LogP contribution in [-0.4, -0.2) is 38.3 Å². The third-order valence-electron chi connectivity index (χ3n) is 3.98. The Morgan fingerprint density at radius 3 is 2.60 bits per heavy atom. The van der Waals surface area contributed by atoms with Crippen LogP contribution in [0.25, 0.3) is 0 Å². The van der Waals surface area contributed by atoms with E-state index in [9.17, 15) is 0 Å². The molecule has 2 atom stereocenters. The number of hydrogen-bond donors (Lipinski definition) is 1. The van der Waals surface area contributed by atoms with E-state index in [2.05, 4.69) is 17.9 Å². The molecule has 2 rings (SSSR count). The van der Waals surface area contributed by atoms with E-state index >= 15 is 0 Å². The van der Waals surface area contributed by atoms with Crippen LogP contribution in [0.1, 0.15) is 18.9 Å². The van der Waals surface area contributed by atoms with Gasteiger partial charge >= 0.3 is 0 Å². The van der Waals surface area contributed by atoms with E-state index in [1.807, 2.05) is 12.1 Å². The van der Waals surface area contributed by atoms with E-state index in [0.29, 0.717) is 12.0 Å². The molecule has 114 valence electrons. The fraction of sp³-hybridized carbons (Fsp3) is 0.600. The van der Waals surface area contributed by atoms with Gasteiger partial charge in [0, 0.05) is 24.7 Å². The number of nitrogens with zero attached hydrogens (tertiary/aromatic N) is 1. The Hall–Kier alpha value is -0.970. The van der Waals surface area contributed by atoms with Crippen LogP contribution in [0.4, 0.5) is 0 Å². The van der Waals surface area contributed by atoms with Crippen LogP contribution < -0.4 is 15.2 Å². The maximum Gasteiger partial charge on any atom is 0.165 e. The summed E-state index contributed by atoms with van der Waals surface area (Å²) in [5, 5.41) is 0. The molecule has 5 heteroatoms. The van der Waals surface area contributed by atoms with Gasteiger partial charge in [-0.2, -0.15) is 0 Å². The first-order valence-electron chi connectivity index (χ1n) is 6.83. The van der Waals surface area contributed by atoms with Gasteiger partial charge in [0.1, 0.15) is 0 Å². The SMILES string of the molecule is COc1cccc(CN2CC(CN)CC2C)c1OC.Cl. The van der Waals surface area contributed by atoms with E-state index in [1.165, 1.54) is 12.0 Å². The minimum atomic E-state index is 0. The molecule has 1 aromatic rings. The van der Waals surface area contributed by atoms with E-state index in [0.717, 1.165) is 31.1 Å². The normalized spacial score (nSPS) is 22.4. The maximum absolute atomic E-state index is 5.78. The van der Waals surface area contributed by atoms with Crippen molar-refractivity contribution in [2.45, 2.75) is 25.9 Å². The third-order valence-corrected chi connectivity index (χ3v) is 3.98. The molecule has 4 nitrogen and oxygen atoms in total. The molecule has 0 radical (unpaired) electrons. The molecule has 0 bridgehead atoms. The third kappa shape index (κ3) is 3.57. The first-order valence-corrected chi connectivity index (χ1v) is 6.83. The van der Waals surface area contributed by atoms with Crippen molar-refractivity contribution in [1.82, 2.24) is 4.90 Å². The molecule has 1 saturated heterocycles. The summed E-state index contributed by atoms with van der Waals surface area (Å²) in [5.41, 5.74) is 6.95. The van der Waals surface area contributed by atoms with Crippen molar-refractivity contribution in [3.63, 3.8) is 0 Å². The average Bonchev–Trinajstić information content (AvgIpc) is 2.79. The second-order valence-corrected chi connectivity index (χ2v) is 5.27. The minimum Gasteiger partial charge on any atom is -0.493 e. The van der Waals surface area contributed by atoms with Gasteiger partial charge in [0.2, 0.25) is 0 Å². The highest BCUT2D eigenvalue weighted by atomic mass is 35.5. The summed E-state index contributed by atoms with van der Waals surface area (Å²) in [6.45, 7) is 4.99. The molecular weight excluding hydrogens is 276 g/mol. The molecule has 20 heavy (non-hydrogen) atoms. The number of benzene rings is 1. The molecule has 0 aliphatic carbocycles. The molecule has 1 fully saturated rings. The summed E-state index contributed by atoms with van der Waals surface area (Å²) in [4.78, 5) is 2.47. The van der Waals surface area contributed by atoms with E-state index in [1.54, 1.807) is 14.2 Å². The van der Waals surface area contributed by atoms with Crippen LogP contribution in [0.5, 0.6) is 11.5 Å². The number of ether oxygens (including phenoxy) is 2. The number of para-hydroxylation sites is 1. The second-order valence-electron chi connectivity index (χ2n) is 5.27. The quantitative estimate of drug-likeness (QED) is 0.906. The number of halogens is 1. The van der Waals surface area contributed by atoms with Crippen LogP contribution in [-0.2, 0) is 6.54 Å². The van der Waals surface area contributed by atoms with Crippen LogP contribution in [0, 0.1) is 5.92 Å². The van der Waals surface area contributed by atoms with Gasteiger partial charge in [-0.3, -0.25) is 4.90 Å². The Kier molecular flexibility index (Phi) is 6.59. The van der Waals surface area contributed by atoms with Crippen molar-refractivity contribution >= 4 is 12.4 Å². The predicted molar refractivity (Wildman–Crippen MR) is 83.8 cm³/mol. The lowest BCUT2D eigenvalue weighted by Gasteiger charge is -2.23. The summed E-state index contributed by atoms with van der Waals surface area (Å²) < 4.78 is 10.8. The van der Waals surface area contributed by atoms with Crippen molar-refractivity contribution in [2.75, 3.05) is 27.3 Å². The first-order chi connectivity index (χ1) is 9.19. The highest BCUT2D eigenvalue weighted by Gasteiger charge is 2.28. The van der Waals surface area contributed by atoms with Crippen LogP contribution in [0.15, 0.2) is 18.2 Å². The van der Waals surface area contributed by atoms with Crippen LogP contribution >= 0.6 is 12.4 Å². The van der Waals surface area contributed by atoms with Gasteiger partial charge < -0.3 is 15.2 Å². The zero-order chi connectivity index (χ0) is 13.8. The molecule has 0 aromatic heterocycles. The summed E-state index contributed by atoms with van der Waals surface area (Å²) in [6, 6.07) is 6.62. The van der Waals surface area contributed by atoms with Crippen molar-refractivity contribution in [3.05, 3.63) is 23.8 Å². The number of nitrogens with two attached hydrogens (primary N) is 1. The predicted octanol–water partition coefficient (Wildman–Crippen LogP) is 2.29. The molecule has 2 N–H and O–H groups in total. The second kappa shape index (κ2) is 7.72. The summed E-state index contributed by atoms with van der Waals surface area (Å²) >= 11 is 0. The number of methoxy groups -OCH3 is 2. The van der Waals surface area contributed by atoms with Gasteiger partial charge in [0.05, 0.1) is 14.2 Å². The first kappa shape index (κ1) is 17.1. The standard InChI is InChI=1S/C15H24N2O2.ClH/c1-11-7-12(8-16)9-17(11)10-13-5-4-6-14(18-2)15(13)19-3;/h4-6,11-12H,7-10,16H2,1-3H3;1H. The number of rotatable bonds is 5. The van der Waals surface area contributed by atoms with Gasteiger partial charge in [-0.05, 0) is 31.9 Å². The Morgan fingerprint density at radius 2 is 2.05 bits per heavy atom. The average molecular weight is 301 g/mol. The number of likely N-dealkylation sites (tertiary alicyclic amines) is 1. The zero-order valence-electron chi connectivity index (χ0n) is 12.5. The maximum atomic E-state index is 5.78. The van der Waals surface area contributed by atoms with Crippen LogP contribution in [0.3, 0.4) is 0 Å². The number of hydrogen-bond acceptors (Lipinski definition) is 4. The van der Waals surface area contributed by atoms with E-state index in [4.69, 9.17) is 15.2 Å². The Bertz CT molecular complexity index is 428. The highest BCUT2D eigenvalue weighted by molar-refractivity contribution is 5.85. The molecule has 0 saturated carbocycles. The fourth-order valence-corrected chi connectivity index (χ4v) is 2.91. The topological polar surface area (TPSA) is 47.7 Å². The highest BCUT2D eigenvalue weighted by Crippen LogP contribution is 2.33. The van der Waals surface area contributed by atoms with Gasteiger partial charge in [0.15, 0.2) is 11.5 Å². The molecule has 1 aliphatic rings. The van der Waals surface area contributed by atoms with Crippen molar-refractivity contribution in [2.24, 2.45) is 11.7 Å². The Balaban J connectivity index is 0.00000200. The lowest BCUT2D eigenvalue weighted by molar-refractivity contribution is 0.250. The Morgan fingerprint density at radius 1 is 1.30 bits per heavy atom. The zero-order valence-corrected chi connectivity index (χ0v) is 13.3. The van der Waals surface area contributed by atoms with Gasteiger partial charge in [-0.15, -0.1) is 12.4 Å². The molecule has 1 aromatic carbocycles. The Labute approximate surface area is 127 Å². The summed E-state index contributed by atoms with van der Waals surface area (Å²) in [6.07, 6.45) is 1.18. The molecular formula is C15H25ClN2O2. The van der Waals surface area contributed by atoms with Crippen LogP contribution in [0.2, 0.25) is 0 Å². The van der Waals surface area contributed by atoms with E-state index in [-0.39, 0.29) is 12.4 Å². The summed E-state index contributed by atoms with van der Waals surface area (Å²) in [7, 11) is 3.36. The smallest absolute Gasteiger partial charge is 0.165 e. The largest absolute Gasteiger partial charge is 0.493 e. The van der Waals surface area contributed by atoms with Gasteiger partial charge in [-0.25, -0.2) is 0 Å². The van der Waals surface area contributed by atoms with Gasteiger partial charge in [-0.1, -0.05) is 12.1 Å². The molecule has 2 unspecified atom stereocenters. The lowest BCUT2D eigenvalue weighted by Crippen LogP contribution is -2.27. The van der Waals surface area contributed by atoms with Crippen molar-refractivity contribution in [1.29, 1.82) is 0 Å². The molecule has 0 amide bonds. The van der Waals surface area contributed by atoms with Crippen molar-refractivity contribution < 1.29 is 9.47 Å². The van der Waals surface area contributed by atoms with E-state index < -0.39 is 0 Å². The van der Waals surface area contributed by atoms with Gasteiger partial charge in [0.25, 0.3) is 0 Å². The molecule has 1 aliphatic heterocycles. The fourth-order valence-electron chi connectivity index (χ4n) is 2.91.